The lowest BCUT2D eigenvalue weighted by Crippen LogP contribution is -2.21. The second-order valence-electron chi connectivity index (χ2n) is 5.05. The van der Waals surface area contributed by atoms with Crippen LogP contribution in [-0.4, -0.2) is 12.0 Å². The van der Waals surface area contributed by atoms with E-state index >= 15 is 0 Å². The van der Waals surface area contributed by atoms with E-state index in [1.807, 2.05) is 25.3 Å². The molecule has 3 heteroatoms. The minimum Gasteiger partial charge on any atom is -0.355 e. The second kappa shape index (κ2) is 5.85. The van der Waals surface area contributed by atoms with E-state index in [1.54, 1.807) is 0 Å². The number of rotatable bonds is 4. The van der Waals surface area contributed by atoms with E-state index in [4.69, 9.17) is 5.73 Å². The van der Waals surface area contributed by atoms with Gasteiger partial charge in [0.15, 0.2) is 0 Å². The van der Waals surface area contributed by atoms with Crippen molar-refractivity contribution < 1.29 is 0 Å². The Bertz CT molecular complexity index is 549. The molecular weight excluding hydrogens is 234 g/mol. The van der Waals surface area contributed by atoms with Crippen LogP contribution < -0.4 is 10.6 Å². The number of aryl methyl sites for hydroxylation is 1. The molecule has 0 amide bonds. The smallest absolute Gasteiger partial charge is 0.133 e. The van der Waals surface area contributed by atoms with Crippen molar-refractivity contribution >= 4 is 5.82 Å². The van der Waals surface area contributed by atoms with Gasteiger partial charge in [-0.2, -0.15) is 0 Å². The normalized spacial score (nSPS) is 12.2. The first-order valence-corrected chi connectivity index (χ1v) is 6.55. The van der Waals surface area contributed by atoms with Crippen LogP contribution in [-0.2, 0) is 6.54 Å². The fourth-order valence-electron chi connectivity index (χ4n) is 2.24. The van der Waals surface area contributed by atoms with E-state index in [0.717, 1.165) is 17.9 Å². The minimum atomic E-state index is -0.0105. The lowest BCUT2D eigenvalue weighted by Gasteiger charge is -2.22. The van der Waals surface area contributed by atoms with Crippen LogP contribution in [0.2, 0.25) is 0 Å². The highest BCUT2D eigenvalue weighted by molar-refractivity contribution is 5.48. The topological polar surface area (TPSA) is 42.2 Å². The monoisotopic (exact) mass is 255 g/mol. The molecule has 0 radical (unpaired) electrons. The fraction of sp³-hybridized carbons (Fsp3) is 0.312. The van der Waals surface area contributed by atoms with Gasteiger partial charge >= 0.3 is 0 Å². The third kappa shape index (κ3) is 3.32. The summed E-state index contributed by atoms with van der Waals surface area (Å²) in [6.45, 7) is 4.93. The Morgan fingerprint density at radius 3 is 2.74 bits per heavy atom. The quantitative estimate of drug-likeness (QED) is 0.913. The van der Waals surface area contributed by atoms with Crippen LogP contribution >= 0.6 is 0 Å². The third-order valence-corrected chi connectivity index (χ3v) is 3.17. The molecule has 19 heavy (non-hydrogen) atoms. The highest BCUT2D eigenvalue weighted by Gasteiger charge is 2.11. The summed E-state index contributed by atoms with van der Waals surface area (Å²) in [5.41, 5.74) is 9.64. The minimum absolute atomic E-state index is 0.0105. The summed E-state index contributed by atoms with van der Waals surface area (Å²) in [5.74, 6) is 0.957. The first-order chi connectivity index (χ1) is 9.08. The van der Waals surface area contributed by atoms with Gasteiger partial charge in [0.25, 0.3) is 0 Å². The van der Waals surface area contributed by atoms with Gasteiger partial charge in [-0.25, -0.2) is 4.98 Å². The van der Waals surface area contributed by atoms with Crippen LogP contribution in [0.25, 0.3) is 0 Å². The van der Waals surface area contributed by atoms with Gasteiger partial charge in [0.1, 0.15) is 5.82 Å². The molecule has 0 saturated carbocycles. The molecule has 2 aromatic rings. The number of anilines is 1. The summed E-state index contributed by atoms with van der Waals surface area (Å²) in [5, 5.41) is 0. The molecule has 2 rings (SSSR count). The summed E-state index contributed by atoms with van der Waals surface area (Å²) in [7, 11) is 2.05. The molecule has 3 nitrogen and oxygen atoms in total. The summed E-state index contributed by atoms with van der Waals surface area (Å²) < 4.78 is 0. The maximum atomic E-state index is 6.00. The highest BCUT2D eigenvalue weighted by atomic mass is 15.2. The van der Waals surface area contributed by atoms with Gasteiger partial charge in [-0.15, -0.1) is 0 Å². The molecule has 1 aromatic heterocycles. The summed E-state index contributed by atoms with van der Waals surface area (Å²) in [6, 6.07) is 12.5. The lowest BCUT2D eigenvalue weighted by atomic mass is 10.1. The van der Waals surface area contributed by atoms with Gasteiger partial charge in [-0.1, -0.05) is 35.9 Å². The SMILES string of the molecule is Cc1cccc(CN(C)c2ncccc2C(C)N)c1. The van der Waals surface area contributed by atoms with Crippen molar-refractivity contribution in [3.63, 3.8) is 0 Å². The predicted octanol–water partition coefficient (Wildman–Crippen LogP) is 3.05. The van der Waals surface area contributed by atoms with Crippen LogP contribution in [0.15, 0.2) is 42.6 Å². The number of benzene rings is 1. The molecule has 0 fully saturated rings. The zero-order valence-electron chi connectivity index (χ0n) is 11.8. The van der Waals surface area contributed by atoms with Gasteiger partial charge in [-0.05, 0) is 25.5 Å². The first kappa shape index (κ1) is 13.6. The Hall–Kier alpha value is -1.87. The summed E-state index contributed by atoms with van der Waals surface area (Å²) >= 11 is 0. The average Bonchev–Trinajstić information content (AvgIpc) is 2.38. The van der Waals surface area contributed by atoms with Gasteiger partial charge < -0.3 is 10.6 Å². The second-order valence-corrected chi connectivity index (χ2v) is 5.05. The molecule has 100 valence electrons. The number of nitrogens with zero attached hydrogens (tertiary/aromatic N) is 2. The van der Waals surface area contributed by atoms with Crippen molar-refractivity contribution in [3.8, 4) is 0 Å². The maximum absolute atomic E-state index is 6.00. The molecule has 1 atom stereocenters. The maximum Gasteiger partial charge on any atom is 0.133 e. The Morgan fingerprint density at radius 2 is 2.05 bits per heavy atom. The molecule has 2 N–H and O–H groups in total. The lowest BCUT2D eigenvalue weighted by molar-refractivity contribution is 0.788. The summed E-state index contributed by atoms with van der Waals surface area (Å²) in [4.78, 5) is 6.61. The van der Waals surface area contributed by atoms with Crippen LogP contribution in [0.4, 0.5) is 5.82 Å². The summed E-state index contributed by atoms with van der Waals surface area (Å²) in [6.07, 6.45) is 1.81. The number of pyridine rings is 1. The molecule has 0 aliphatic heterocycles. The number of hydrogen-bond acceptors (Lipinski definition) is 3. The predicted molar refractivity (Wildman–Crippen MR) is 80.1 cm³/mol. The Kier molecular flexibility index (Phi) is 4.17. The average molecular weight is 255 g/mol. The molecule has 1 unspecified atom stereocenters. The first-order valence-electron chi connectivity index (χ1n) is 6.55. The molecule has 0 saturated heterocycles. The molecule has 0 aliphatic carbocycles. The van der Waals surface area contributed by atoms with E-state index in [0.29, 0.717) is 0 Å². The highest BCUT2D eigenvalue weighted by Crippen LogP contribution is 2.22. The van der Waals surface area contributed by atoms with E-state index in [2.05, 4.69) is 48.1 Å². The van der Waals surface area contributed by atoms with Crippen molar-refractivity contribution in [1.82, 2.24) is 4.98 Å². The molecular formula is C16H21N3. The molecule has 1 heterocycles. The van der Waals surface area contributed by atoms with E-state index in [9.17, 15) is 0 Å². The third-order valence-electron chi connectivity index (χ3n) is 3.17. The standard InChI is InChI=1S/C16H21N3/c1-12-6-4-7-14(10-12)11-19(3)16-15(13(2)17)8-5-9-18-16/h4-10,13H,11,17H2,1-3H3. The van der Waals surface area contributed by atoms with Crippen molar-refractivity contribution in [2.24, 2.45) is 5.73 Å². The van der Waals surface area contributed by atoms with Crippen molar-refractivity contribution in [2.75, 3.05) is 11.9 Å². The fourth-order valence-corrected chi connectivity index (χ4v) is 2.24. The van der Waals surface area contributed by atoms with Crippen molar-refractivity contribution in [2.45, 2.75) is 26.4 Å². The van der Waals surface area contributed by atoms with Crippen LogP contribution in [0.5, 0.6) is 0 Å². The molecule has 0 spiro atoms. The van der Waals surface area contributed by atoms with Crippen LogP contribution in [0.3, 0.4) is 0 Å². The molecule has 1 aromatic carbocycles. The zero-order valence-corrected chi connectivity index (χ0v) is 11.8. The molecule has 0 aliphatic rings. The van der Waals surface area contributed by atoms with Gasteiger partial charge in [0.05, 0.1) is 0 Å². The largest absolute Gasteiger partial charge is 0.355 e. The van der Waals surface area contributed by atoms with Crippen LogP contribution in [0, 0.1) is 6.92 Å². The Morgan fingerprint density at radius 1 is 1.26 bits per heavy atom. The van der Waals surface area contributed by atoms with E-state index in [-0.39, 0.29) is 6.04 Å². The number of hydrogen-bond donors (Lipinski definition) is 1. The Balaban J connectivity index is 2.23. The zero-order chi connectivity index (χ0) is 13.8. The number of nitrogens with two attached hydrogens (primary N) is 1. The van der Waals surface area contributed by atoms with Gasteiger partial charge in [-0.3, -0.25) is 0 Å². The van der Waals surface area contributed by atoms with Gasteiger partial charge in [0, 0.05) is 31.4 Å². The van der Waals surface area contributed by atoms with Crippen molar-refractivity contribution in [3.05, 3.63) is 59.3 Å². The Labute approximate surface area is 115 Å². The molecule has 0 bridgehead atoms. The van der Waals surface area contributed by atoms with Gasteiger partial charge in [0.2, 0.25) is 0 Å². The number of aromatic nitrogens is 1. The van der Waals surface area contributed by atoms with Crippen LogP contribution in [0.1, 0.15) is 29.7 Å². The van der Waals surface area contributed by atoms with E-state index in [1.165, 1.54) is 11.1 Å². The van der Waals surface area contributed by atoms with Crippen molar-refractivity contribution in [1.29, 1.82) is 0 Å². The van der Waals surface area contributed by atoms with E-state index < -0.39 is 0 Å².